The summed E-state index contributed by atoms with van der Waals surface area (Å²) in [6.07, 6.45) is 0.949. The van der Waals surface area contributed by atoms with Gasteiger partial charge in [-0.05, 0) is 12.0 Å². The lowest BCUT2D eigenvalue weighted by Crippen LogP contribution is -2.52. The normalized spacial score (nSPS) is 26.3. The molecule has 0 bridgehead atoms. The van der Waals surface area contributed by atoms with Crippen molar-refractivity contribution in [2.24, 2.45) is 5.92 Å². The number of carbonyl (C=O) groups is 3. The van der Waals surface area contributed by atoms with Crippen molar-refractivity contribution >= 4 is 27.6 Å². The van der Waals surface area contributed by atoms with Crippen LogP contribution >= 0.6 is 0 Å². The zero-order chi connectivity index (χ0) is 21.3. The number of nitrogens with zero attached hydrogens (tertiary/aromatic N) is 3. The van der Waals surface area contributed by atoms with Gasteiger partial charge in [0.2, 0.25) is 17.7 Å². The fourth-order valence-corrected chi connectivity index (χ4v) is 6.32. The summed E-state index contributed by atoms with van der Waals surface area (Å²) in [5, 5.41) is 0. The molecule has 3 heterocycles. The Morgan fingerprint density at radius 3 is 2.30 bits per heavy atom. The van der Waals surface area contributed by atoms with Crippen LogP contribution in [0.3, 0.4) is 0 Å². The predicted octanol–water partition coefficient (Wildman–Crippen LogP) is -0.0645. The van der Waals surface area contributed by atoms with Gasteiger partial charge in [0.25, 0.3) is 0 Å². The summed E-state index contributed by atoms with van der Waals surface area (Å²) in [7, 11) is -3.08. The Hall–Kier alpha value is -2.42. The summed E-state index contributed by atoms with van der Waals surface area (Å²) < 4.78 is 23.4. The van der Waals surface area contributed by atoms with Crippen LogP contribution in [-0.2, 0) is 30.6 Å². The molecule has 3 aliphatic rings. The summed E-state index contributed by atoms with van der Waals surface area (Å²) in [4.78, 5) is 42.9. The molecule has 0 aromatic heterocycles. The Balaban J connectivity index is 1.28. The minimum atomic E-state index is -3.08. The number of rotatable bonds is 4. The average molecular weight is 434 g/mol. The van der Waals surface area contributed by atoms with Crippen molar-refractivity contribution in [2.45, 2.75) is 25.3 Å². The Bertz CT molecular complexity index is 925. The smallest absolute Gasteiger partial charge is 0.228 e. The third-order valence-electron chi connectivity index (χ3n) is 6.30. The van der Waals surface area contributed by atoms with Gasteiger partial charge >= 0.3 is 0 Å². The molecule has 4 rings (SSSR count). The van der Waals surface area contributed by atoms with E-state index >= 15 is 0 Å². The molecule has 30 heavy (non-hydrogen) atoms. The standard InChI is InChI=1S/C21H27N3O5S/c25-19(12-16-4-2-1-3-5-16)22-7-9-23(10-8-22)21(27)17-13-20(26)24(14-17)18-6-11-30(28,29)15-18/h1-5,17-18H,6-15H2/t17-,18+/m0/s1. The lowest BCUT2D eigenvalue weighted by Gasteiger charge is -2.36. The van der Waals surface area contributed by atoms with E-state index in [0.29, 0.717) is 45.6 Å². The molecule has 0 spiro atoms. The van der Waals surface area contributed by atoms with E-state index in [9.17, 15) is 22.8 Å². The topological polar surface area (TPSA) is 95.1 Å². The molecule has 3 aliphatic heterocycles. The maximum Gasteiger partial charge on any atom is 0.228 e. The van der Waals surface area contributed by atoms with Crippen LogP contribution in [0.25, 0.3) is 0 Å². The third-order valence-corrected chi connectivity index (χ3v) is 8.05. The molecule has 0 aliphatic carbocycles. The maximum absolute atomic E-state index is 12.9. The van der Waals surface area contributed by atoms with E-state index in [1.807, 2.05) is 30.3 Å². The Morgan fingerprint density at radius 1 is 1.00 bits per heavy atom. The van der Waals surface area contributed by atoms with Crippen LogP contribution in [0, 0.1) is 5.92 Å². The number of sulfone groups is 1. The van der Waals surface area contributed by atoms with Crippen molar-refractivity contribution in [1.82, 2.24) is 14.7 Å². The third kappa shape index (κ3) is 4.50. The van der Waals surface area contributed by atoms with Crippen molar-refractivity contribution < 1.29 is 22.8 Å². The molecule has 0 radical (unpaired) electrons. The SMILES string of the molecule is O=C(Cc1ccccc1)N1CCN(C(=O)[C@H]2CC(=O)N([C@@H]3CCS(=O)(=O)C3)C2)CC1. The molecule has 3 amide bonds. The number of hydrogen-bond acceptors (Lipinski definition) is 5. The van der Waals surface area contributed by atoms with Crippen molar-refractivity contribution in [3.8, 4) is 0 Å². The van der Waals surface area contributed by atoms with Crippen LogP contribution < -0.4 is 0 Å². The molecule has 2 atom stereocenters. The summed E-state index contributed by atoms with van der Waals surface area (Å²) in [6, 6.07) is 9.29. The molecule has 1 aromatic carbocycles. The number of amides is 3. The highest BCUT2D eigenvalue weighted by atomic mass is 32.2. The largest absolute Gasteiger partial charge is 0.339 e. The quantitative estimate of drug-likeness (QED) is 0.663. The van der Waals surface area contributed by atoms with Crippen LogP contribution in [0.5, 0.6) is 0 Å². The average Bonchev–Trinajstić information content (AvgIpc) is 3.30. The Labute approximate surface area is 176 Å². The summed E-state index contributed by atoms with van der Waals surface area (Å²) >= 11 is 0. The summed E-state index contributed by atoms with van der Waals surface area (Å²) in [6.45, 7) is 2.19. The van der Waals surface area contributed by atoms with Crippen molar-refractivity contribution in [2.75, 3.05) is 44.2 Å². The van der Waals surface area contributed by atoms with Gasteiger partial charge in [0.05, 0.1) is 23.8 Å². The van der Waals surface area contributed by atoms with Crippen molar-refractivity contribution in [3.63, 3.8) is 0 Å². The first kappa shape index (κ1) is 20.8. The first-order valence-electron chi connectivity index (χ1n) is 10.4. The Morgan fingerprint density at radius 2 is 1.67 bits per heavy atom. The first-order valence-corrected chi connectivity index (χ1v) is 12.2. The zero-order valence-electron chi connectivity index (χ0n) is 16.9. The second-order valence-corrected chi connectivity index (χ2v) is 10.6. The number of hydrogen-bond donors (Lipinski definition) is 0. The van der Waals surface area contributed by atoms with E-state index in [0.717, 1.165) is 5.56 Å². The molecular weight excluding hydrogens is 406 g/mol. The highest BCUT2D eigenvalue weighted by Gasteiger charge is 2.43. The van der Waals surface area contributed by atoms with E-state index in [-0.39, 0.29) is 41.7 Å². The molecule has 0 N–H and O–H groups in total. The molecular formula is C21H27N3O5S. The van der Waals surface area contributed by atoms with Crippen LogP contribution in [0.4, 0.5) is 0 Å². The van der Waals surface area contributed by atoms with E-state index in [1.54, 1.807) is 14.7 Å². The highest BCUT2D eigenvalue weighted by molar-refractivity contribution is 7.91. The lowest BCUT2D eigenvalue weighted by atomic mass is 10.1. The van der Waals surface area contributed by atoms with E-state index in [1.165, 1.54) is 0 Å². The van der Waals surface area contributed by atoms with Crippen LogP contribution in [0.1, 0.15) is 18.4 Å². The second-order valence-electron chi connectivity index (χ2n) is 8.37. The van der Waals surface area contributed by atoms with Gasteiger partial charge in [0, 0.05) is 45.2 Å². The van der Waals surface area contributed by atoms with Crippen molar-refractivity contribution in [1.29, 1.82) is 0 Å². The second kappa shape index (κ2) is 8.37. The van der Waals surface area contributed by atoms with Crippen LogP contribution in [-0.4, -0.2) is 91.1 Å². The lowest BCUT2D eigenvalue weighted by molar-refractivity contribution is -0.141. The predicted molar refractivity (Wildman–Crippen MR) is 110 cm³/mol. The molecule has 0 unspecified atom stereocenters. The number of benzene rings is 1. The fourth-order valence-electron chi connectivity index (χ4n) is 4.59. The Kier molecular flexibility index (Phi) is 5.81. The van der Waals surface area contributed by atoms with E-state index in [4.69, 9.17) is 0 Å². The fraction of sp³-hybridized carbons (Fsp3) is 0.571. The van der Waals surface area contributed by atoms with Gasteiger partial charge in [-0.3, -0.25) is 14.4 Å². The van der Waals surface area contributed by atoms with Gasteiger partial charge in [-0.25, -0.2) is 8.42 Å². The minimum absolute atomic E-state index is 0.00184. The molecule has 3 saturated heterocycles. The van der Waals surface area contributed by atoms with Crippen LogP contribution in [0.15, 0.2) is 30.3 Å². The number of carbonyl (C=O) groups excluding carboxylic acids is 3. The van der Waals surface area contributed by atoms with Crippen molar-refractivity contribution in [3.05, 3.63) is 35.9 Å². The molecule has 3 fully saturated rings. The zero-order valence-corrected chi connectivity index (χ0v) is 17.7. The molecule has 1 aromatic rings. The van der Waals surface area contributed by atoms with Gasteiger partial charge in [-0.15, -0.1) is 0 Å². The van der Waals surface area contributed by atoms with E-state index in [2.05, 4.69) is 0 Å². The van der Waals surface area contributed by atoms with Crippen LogP contribution in [0.2, 0.25) is 0 Å². The number of likely N-dealkylation sites (tertiary alicyclic amines) is 1. The molecule has 0 saturated carbocycles. The van der Waals surface area contributed by atoms with Gasteiger partial charge in [-0.2, -0.15) is 0 Å². The van der Waals surface area contributed by atoms with E-state index < -0.39 is 15.8 Å². The molecule has 8 nitrogen and oxygen atoms in total. The minimum Gasteiger partial charge on any atom is -0.339 e. The monoisotopic (exact) mass is 433 g/mol. The molecule has 162 valence electrons. The first-order chi connectivity index (χ1) is 14.3. The van der Waals surface area contributed by atoms with Gasteiger partial charge in [0.1, 0.15) is 0 Å². The van der Waals surface area contributed by atoms with Gasteiger partial charge < -0.3 is 14.7 Å². The summed E-state index contributed by atoms with van der Waals surface area (Å²) in [5.74, 6) is -0.458. The number of piperazine rings is 1. The highest BCUT2D eigenvalue weighted by Crippen LogP contribution is 2.27. The van der Waals surface area contributed by atoms with Gasteiger partial charge in [-0.1, -0.05) is 30.3 Å². The summed E-state index contributed by atoms with van der Waals surface area (Å²) in [5.41, 5.74) is 0.972. The van der Waals surface area contributed by atoms with Gasteiger partial charge in [0.15, 0.2) is 9.84 Å². The molecule has 9 heteroatoms. The maximum atomic E-state index is 12.9.